The van der Waals surface area contributed by atoms with Crippen molar-refractivity contribution < 1.29 is 8.42 Å². The van der Waals surface area contributed by atoms with Crippen LogP contribution in [0.15, 0.2) is 29.0 Å². The normalized spacial score (nSPS) is 12.1. The van der Waals surface area contributed by atoms with Gasteiger partial charge in [-0.05, 0) is 28.1 Å². The van der Waals surface area contributed by atoms with Crippen molar-refractivity contribution in [3.8, 4) is 0 Å². The molecule has 2 aromatic heterocycles. The second-order valence-electron chi connectivity index (χ2n) is 3.40. The topological polar surface area (TPSA) is 51.4 Å². The highest BCUT2D eigenvalue weighted by Gasteiger charge is 2.09. The second-order valence-corrected chi connectivity index (χ2v) is 6.45. The lowest BCUT2D eigenvalue weighted by molar-refractivity contribution is 0.600. The van der Waals surface area contributed by atoms with Gasteiger partial charge in [0.15, 0.2) is 9.84 Å². The summed E-state index contributed by atoms with van der Waals surface area (Å²) >= 11 is 3.33. The summed E-state index contributed by atoms with van der Waals surface area (Å²) in [4.78, 5) is 4.12. The molecule has 6 heteroatoms. The molecule has 0 aliphatic heterocycles. The molecule has 0 aliphatic carbocycles. The number of sulfone groups is 1. The van der Waals surface area contributed by atoms with Crippen LogP contribution in [0.1, 0.15) is 5.69 Å². The van der Waals surface area contributed by atoms with Gasteiger partial charge in [0.05, 0.1) is 17.6 Å². The monoisotopic (exact) mass is 288 g/mol. The second kappa shape index (κ2) is 3.61. The van der Waals surface area contributed by atoms with Crippen molar-refractivity contribution in [2.75, 3.05) is 6.26 Å². The van der Waals surface area contributed by atoms with Crippen molar-refractivity contribution >= 4 is 31.4 Å². The van der Waals surface area contributed by atoms with E-state index in [1.807, 2.05) is 18.3 Å². The van der Waals surface area contributed by atoms with E-state index in [0.717, 1.165) is 10.1 Å². The first-order valence-electron chi connectivity index (χ1n) is 4.25. The third kappa shape index (κ3) is 2.38. The summed E-state index contributed by atoms with van der Waals surface area (Å²) in [5.41, 5.74) is 1.42. The third-order valence-corrected chi connectivity index (χ3v) is 3.25. The van der Waals surface area contributed by atoms with Gasteiger partial charge >= 0.3 is 0 Å². The van der Waals surface area contributed by atoms with Crippen molar-refractivity contribution in [1.29, 1.82) is 0 Å². The minimum absolute atomic E-state index is 0.00458. The number of nitrogens with zero attached hydrogens (tertiary/aromatic N) is 2. The van der Waals surface area contributed by atoms with Gasteiger partial charge in [-0.3, -0.25) is 0 Å². The van der Waals surface area contributed by atoms with E-state index in [1.165, 1.54) is 6.26 Å². The molecule has 0 aliphatic rings. The van der Waals surface area contributed by atoms with Crippen molar-refractivity contribution in [3.05, 3.63) is 34.7 Å². The van der Waals surface area contributed by atoms with E-state index in [1.54, 1.807) is 10.6 Å². The zero-order chi connectivity index (χ0) is 11.1. The summed E-state index contributed by atoms with van der Waals surface area (Å²) in [6.07, 6.45) is 4.61. The average Bonchev–Trinajstić information content (AvgIpc) is 2.46. The Morgan fingerprint density at radius 2 is 2.20 bits per heavy atom. The average molecular weight is 289 g/mol. The maximum absolute atomic E-state index is 11.2. The Balaban J connectivity index is 2.57. The first kappa shape index (κ1) is 10.6. The molecule has 2 rings (SSSR count). The maximum atomic E-state index is 11.2. The quantitative estimate of drug-likeness (QED) is 0.844. The molecular weight excluding hydrogens is 280 g/mol. The Hall–Kier alpha value is -0.880. The highest BCUT2D eigenvalue weighted by Crippen LogP contribution is 2.14. The molecule has 0 unspecified atom stereocenters. The molecule has 0 fully saturated rings. The maximum Gasteiger partial charge on any atom is 0.153 e. The molecular formula is C9H9BrN2O2S. The number of hydrogen-bond acceptors (Lipinski definition) is 3. The summed E-state index contributed by atoms with van der Waals surface area (Å²) < 4.78 is 25.0. The Kier molecular flexibility index (Phi) is 2.56. The zero-order valence-corrected chi connectivity index (χ0v) is 10.4. The standard InChI is InChI=1S/C9H9BrN2O2S/c1-15(13,14)6-8-4-11-9-3-2-7(10)5-12(8)9/h2-5H,6H2,1H3. The summed E-state index contributed by atoms with van der Waals surface area (Å²) in [6.45, 7) is 0. The van der Waals surface area contributed by atoms with Gasteiger partial charge in [0, 0.05) is 16.9 Å². The zero-order valence-electron chi connectivity index (χ0n) is 8.01. The Morgan fingerprint density at radius 3 is 2.87 bits per heavy atom. The molecule has 0 amide bonds. The van der Waals surface area contributed by atoms with Gasteiger partial charge in [-0.1, -0.05) is 0 Å². The number of imidazole rings is 1. The highest BCUT2D eigenvalue weighted by atomic mass is 79.9. The van der Waals surface area contributed by atoms with Gasteiger partial charge in [0.25, 0.3) is 0 Å². The van der Waals surface area contributed by atoms with E-state index >= 15 is 0 Å². The van der Waals surface area contributed by atoms with Gasteiger partial charge in [-0.2, -0.15) is 0 Å². The fraction of sp³-hybridized carbons (Fsp3) is 0.222. The molecule has 2 aromatic rings. The fourth-order valence-electron chi connectivity index (χ4n) is 1.38. The van der Waals surface area contributed by atoms with Gasteiger partial charge in [-0.25, -0.2) is 13.4 Å². The van der Waals surface area contributed by atoms with Gasteiger partial charge < -0.3 is 4.40 Å². The van der Waals surface area contributed by atoms with Crippen LogP contribution < -0.4 is 0 Å². The molecule has 0 bridgehead atoms. The lowest BCUT2D eigenvalue weighted by atomic mass is 10.4. The highest BCUT2D eigenvalue weighted by molar-refractivity contribution is 9.10. The van der Waals surface area contributed by atoms with Crippen molar-refractivity contribution in [2.45, 2.75) is 5.75 Å². The van der Waals surface area contributed by atoms with Crippen molar-refractivity contribution in [1.82, 2.24) is 9.38 Å². The minimum Gasteiger partial charge on any atom is -0.302 e. The molecule has 4 nitrogen and oxygen atoms in total. The predicted octanol–water partition coefficient (Wildman–Crippen LogP) is 1.64. The fourth-order valence-corrected chi connectivity index (χ4v) is 2.47. The lowest BCUT2D eigenvalue weighted by Gasteiger charge is -2.00. The Morgan fingerprint density at radius 1 is 1.47 bits per heavy atom. The van der Waals surface area contributed by atoms with Crippen molar-refractivity contribution in [3.63, 3.8) is 0 Å². The summed E-state index contributed by atoms with van der Waals surface area (Å²) in [6, 6.07) is 3.70. The van der Waals surface area contributed by atoms with Crippen LogP contribution in [0.4, 0.5) is 0 Å². The van der Waals surface area contributed by atoms with E-state index in [2.05, 4.69) is 20.9 Å². The molecule has 0 atom stereocenters. The molecule has 15 heavy (non-hydrogen) atoms. The van der Waals surface area contributed by atoms with Crippen LogP contribution in [-0.4, -0.2) is 24.1 Å². The van der Waals surface area contributed by atoms with Crippen LogP contribution in [0.2, 0.25) is 0 Å². The first-order chi connectivity index (χ1) is 6.96. The largest absolute Gasteiger partial charge is 0.302 e. The number of fused-ring (bicyclic) bond motifs is 1. The van der Waals surface area contributed by atoms with Crippen LogP contribution in [0.5, 0.6) is 0 Å². The van der Waals surface area contributed by atoms with Crippen LogP contribution in [0.3, 0.4) is 0 Å². The predicted molar refractivity (Wildman–Crippen MR) is 61.4 cm³/mol. The molecule has 0 radical (unpaired) electrons. The number of aromatic nitrogens is 2. The Bertz CT molecular complexity index is 604. The van der Waals surface area contributed by atoms with Crippen LogP contribution in [-0.2, 0) is 15.6 Å². The van der Waals surface area contributed by atoms with E-state index in [-0.39, 0.29) is 5.75 Å². The van der Waals surface area contributed by atoms with Gasteiger partial charge in [-0.15, -0.1) is 0 Å². The number of hydrogen-bond donors (Lipinski definition) is 0. The van der Waals surface area contributed by atoms with Gasteiger partial charge in [0.1, 0.15) is 5.65 Å². The van der Waals surface area contributed by atoms with Gasteiger partial charge in [0.2, 0.25) is 0 Å². The summed E-state index contributed by atoms with van der Waals surface area (Å²) in [5.74, 6) is 0.00458. The Labute approximate surface area is 96.0 Å². The number of halogens is 1. The molecule has 2 heterocycles. The van der Waals surface area contributed by atoms with Crippen LogP contribution in [0.25, 0.3) is 5.65 Å². The summed E-state index contributed by atoms with van der Waals surface area (Å²) in [5, 5.41) is 0. The molecule has 0 N–H and O–H groups in total. The van der Waals surface area contributed by atoms with E-state index in [9.17, 15) is 8.42 Å². The van der Waals surface area contributed by atoms with Crippen molar-refractivity contribution in [2.24, 2.45) is 0 Å². The van der Waals surface area contributed by atoms with E-state index in [4.69, 9.17) is 0 Å². The molecule has 0 saturated carbocycles. The minimum atomic E-state index is -3.03. The summed E-state index contributed by atoms with van der Waals surface area (Å²) in [7, 11) is -3.03. The van der Waals surface area contributed by atoms with Crippen LogP contribution in [0, 0.1) is 0 Å². The third-order valence-electron chi connectivity index (χ3n) is 1.96. The SMILES string of the molecule is CS(=O)(=O)Cc1cnc2ccc(Br)cn12. The molecule has 80 valence electrons. The molecule has 0 saturated heterocycles. The smallest absolute Gasteiger partial charge is 0.153 e. The number of rotatable bonds is 2. The van der Waals surface area contributed by atoms with E-state index < -0.39 is 9.84 Å². The first-order valence-corrected chi connectivity index (χ1v) is 7.10. The number of pyridine rings is 1. The molecule has 0 spiro atoms. The lowest BCUT2D eigenvalue weighted by Crippen LogP contribution is -2.03. The van der Waals surface area contributed by atoms with Crippen LogP contribution >= 0.6 is 15.9 Å². The van der Waals surface area contributed by atoms with E-state index in [0.29, 0.717) is 5.69 Å². The molecule has 0 aromatic carbocycles.